The molecule has 0 aromatic heterocycles. The van der Waals surface area contributed by atoms with Gasteiger partial charge in [-0.15, -0.1) is 0 Å². The molecule has 0 radical (unpaired) electrons. The lowest BCUT2D eigenvalue weighted by Crippen LogP contribution is -2.30. The lowest BCUT2D eigenvalue weighted by Gasteiger charge is -2.11. The second kappa shape index (κ2) is 6.55. The maximum absolute atomic E-state index is 12.0. The van der Waals surface area contributed by atoms with Crippen molar-refractivity contribution >= 4 is 53.7 Å². The van der Waals surface area contributed by atoms with Crippen LogP contribution in [-0.2, 0) is 14.8 Å². The van der Waals surface area contributed by atoms with Crippen LogP contribution < -0.4 is 16.2 Å². The van der Waals surface area contributed by atoms with Crippen molar-refractivity contribution < 1.29 is 17.9 Å². The van der Waals surface area contributed by atoms with Crippen LogP contribution in [-0.4, -0.2) is 27.7 Å². The number of sulfonamides is 1. The molecule has 0 unspecified atom stereocenters. The molecule has 1 aromatic carbocycles. The number of nitrogen functional groups attached to an aromatic ring is 1. The van der Waals surface area contributed by atoms with E-state index in [1.807, 2.05) is 0 Å². The van der Waals surface area contributed by atoms with Gasteiger partial charge in [-0.3, -0.25) is 0 Å². The fourth-order valence-electron chi connectivity index (χ4n) is 1.26. The number of rotatable bonds is 5. The molecule has 5 N–H and O–H groups in total. The molecule has 0 aliphatic carbocycles. The summed E-state index contributed by atoms with van der Waals surface area (Å²) in [4.78, 5) is 10.3. The Bertz CT molecular complexity index is 568. The molecular weight excluding hydrogens is 406 g/mol. The number of halogens is 2. The Morgan fingerprint density at radius 3 is 2.53 bits per heavy atom. The monoisotopic (exact) mass is 415 g/mol. The second-order valence-electron chi connectivity index (χ2n) is 3.37. The summed E-state index contributed by atoms with van der Waals surface area (Å²) in [5.41, 5.74) is 10.5. The summed E-state index contributed by atoms with van der Waals surface area (Å²) < 4.78 is 31.7. The van der Waals surface area contributed by atoms with Crippen LogP contribution >= 0.6 is 31.9 Å². The molecule has 0 bridgehead atoms. The summed E-state index contributed by atoms with van der Waals surface area (Å²) in [6, 6.07) is 3.03. The quantitative estimate of drug-likeness (QED) is 0.490. The normalized spacial score (nSPS) is 11.3. The first kappa shape index (κ1) is 16.2. The van der Waals surface area contributed by atoms with Crippen molar-refractivity contribution in [3.05, 3.63) is 21.1 Å². The largest absolute Gasteiger partial charge is 0.448 e. The minimum absolute atomic E-state index is 0.0743. The number of carbonyl (C=O) groups is 1. The first-order valence-corrected chi connectivity index (χ1v) is 7.97. The summed E-state index contributed by atoms with van der Waals surface area (Å²) in [5, 5.41) is 0. The van der Waals surface area contributed by atoms with Gasteiger partial charge in [-0.1, -0.05) is 15.9 Å². The zero-order valence-electron chi connectivity index (χ0n) is 9.52. The van der Waals surface area contributed by atoms with E-state index in [9.17, 15) is 13.2 Å². The van der Waals surface area contributed by atoms with Gasteiger partial charge >= 0.3 is 6.09 Å². The Morgan fingerprint density at radius 2 is 2.00 bits per heavy atom. The molecule has 0 heterocycles. The number of nitrogens with two attached hydrogens (primary N) is 2. The Hall–Kier alpha value is -0.840. The van der Waals surface area contributed by atoms with Gasteiger partial charge in [0.15, 0.2) is 0 Å². The van der Waals surface area contributed by atoms with Crippen LogP contribution in [0.5, 0.6) is 0 Å². The zero-order valence-corrected chi connectivity index (χ0v) is 13.5. The standard InChI is InChI=1S/C9H11Br2N3O4S/c10-5-3-6(11)8(7(12)4-5)19(16,17)14-1-2-18-9(13)15/h3-4,14H,1-2,12H2,(H2,13,15). The topological polar surface area (TPSA) is 125 Å². The van der Waals surface area contributed by atoms with E-state index in [-0.39, 0.29) is 23.7 Å². The van der Waals surface area contributed by atoms with Crippen molar-refractivity contribution in [2.75, 3.05) is 18.9 Å². The number of amides is 1. The summed E-state index contributed by atoms with van der Waals surface area (Å²) in [7, 11) is -3.81. The summed E-state index contributed by atoms with van der Waals surface area (Å²) in [5.74, 6) is 0. The van der Waals surface area contributed by atoms with Crippen LogP contribution in [0.15, 0.2) is 26.0 Å². The molecule has 0 saturated heterocycles. The molecule has 0 atom stereocenters. The van der Waals surface area contributed by atoms with Gasteiger partial charge in [0.2, 0.25) is 10.0 Å². The molecule has 19 heavy (non-hydrogen) atoms. The average Bonchev–Trinajstić information content (AvgIpc) is 2.22. The molecule has 106 valence electrons. The van der Waals surface area contributed by atoms with Crippen LogP contribution in [0.2, 0.25) is 0 Å². The van der Waals surface area contributed by atoms with Crippen LogP contribution in [0.3, 0.4) is 0 Å². The fraction of sp³-hybridized carbons (Fsp3) is 0.222. The van der Waals surface area contributed by atoms with E-state index in [0.29, 0.717) is 8.95 Å². The van der Waals surface area contributed by atoms with Crippen molar-refractivity contribution in [3.8, 4) is 0 Å². The number of benzene rings is 1. The van der Waals surface area contributed by atoms with Gasteiger partial charge in [-0.25, -0.2) is 17.9 Å². The zero-order chi connectivity index (χ0) is 14.6. The minimum Gasteiger partial charge on any atom is -0.448 e. The molecule has 10 heteroatoms. The Morgan fingerprint density at radius 1 is 1.37 bits per heavy atom. The van der Waals surface area contributed by atoms with Crippen molar-refractivity contribution in [2.24, 2.45) is 5.73 Å². The van der Waals surface area contributed by atoms with E-state index in [1.165, 1.54) is 6.07 Å². The predicted octanol–water partition coefficient (Wildman–Crippen LogP) is 1.17. The number of ether oxygens (including phenoxy) is 1. The van der Waals surface area contributed by atoms with Crippen molar-refractivity contribution in [3.63, 3.8) is 0 Å². The molecular formula is C9H11Br2N3O4S. The molecule has 0 aliphatic heterocycles. The Labute approximate surface area is 127 Å². The third-order valence-electron chi connectivity index (χ3n) is 1.94. The van der Waals surface area contributed by atoms with Crippen LogP contribution in [0.1, 0.15) is 0 Å². The smallest absolute Gasteiger partial charge is 0.404 e. The van der Waals surface area contributed by atoms with E-state index in [0.717, 1.165) is 0 Å². The van der Waals surface area contributed by atoms with Gasteiger partial charge in [-0.2, -0.15) is 0 Å². The van der Waals surface area contributed by atoms with Gasteiger partial charge in [0.25, 0.3) is 0 Å². The average molecular weight is 417 g/mol. The first-order valence-electron chi connectivity index (χ1n) is 4.90. The lowest BCUT2D eigenvalue weighted by molar-refractivity contribution is 0.159. The highest BCUT2D eigenvalue weighted by Gasteiger charge is 2.21. The van der Waals surface area contributed by atoms with E-state index >= 15 is 0 Å². The Balaban J connectivity index is 2.86. The minimum atomic E-state index is -3.81. The summed E-state index contributed by atoms with van der Waals surface area (Å²) >= 11 is 6.33. The molecule has 1 amide bonds. The van der Waals surface area contributed by atoms with Gasteiger partial charge in [-0.05, 0) is 28.1 Å². The van der Waals surface area contributed by atoms with Crippen LogP contribution in [0, 0.1) is 0 Å². The third kappa shape index (κ3) is 4.64. The molecule has 0 spiro atoms. The highest BCUT2D eigenvalue weighted by molar-refractivity contribution is 9.11. The van der Waals surface area contributed by atoms with Crippen LogP contribution in [0.4, 0.5) is 10.5 Å². The lowest BCUT2D eigenvalue weighted by atomic mass is 10.3. The number of anilines is 1. The number of hydrogen-bond donors (Lipinski definition) is 3. The van der Waals surface area contributed by atoms with E-state index in [2.05, 4.69) is 41.3 Å². The van der Waals surface area contributed by atoms with E-state index < -0.39 is 16.1 Å². The van der Waals surface area contributed by atoms with Crippen molar-refractivity contribution in [1.82, 2.24) is 4.72 Å². The van der Waals surface area contributed by atoms with E-state index in [1.54, 1.807) is 6.07 Å². The SMILES string of the molecule is NC(=O)OCCNS(=O)(=O)c1c(N)cc(Br)cc1Br. The highest BCUT2D eigenvalue weighted by Crippen LogP contribution is 2.31. The fourth-order valence-corrected chi connectivity index (χ4v) is 4.34. The predicted molar refractivity (Wildman–Crippen MR) is 77.0 cm³/mol. The summed E-state index contributed by atoms with van der Waals surface area (Å²) in [6.45, 7) is -0.268. The number of nitrogens with one attached hydrogen (secondary N) is 1. The van der Waals surface area contributed by atoms with Crippen molar-refractivity contribution in [1.29, 1.82) is 0 Å². The first-order chi connectivity index (χ1) is 8.74. The maximum atomic E-state index is 12.0. The molecule has 1 aromatic rings. The molecule has 0 saturated carbocycles. The maximum Gasteiger partial charge on any atom is 0.404 e. The summed E-state index contributed by atoms with van der Waals surface area (Å²) in [6.07, 6.45) is -0.969. The molecule has 1 rings (SSSR count). The van der Waals surface area contributed by atoms with E-state index in [4.69, 9.17) is 11.5 Å². The van der Waals surface area contributed by atoms with Gasteiger partial charge in [0.1, 0.15) is 11.5 Å². The molecule has 0 fully saturated rings. The molecule has 7 nitrogen and oxygen atoms in total. The number of hydrogen-bond acceptors (Lipinski definition) is 5. The molecule has 0 aliphatic rings. The van der Waals surface area contributed by atoms with Gasteiger partial charge < -0.3 is 16.2 Å². The van der Waals surface area contributed by atoms with Crippen LogP contribution in [0.25, 0.3) is 0 Å². The van der Waals surface area contributed by atoms with Gasteiger partial charge in [0, 0.05) is 15.5 Å². The van der Waals surface area contributed by atoms with Gasteiger partial charge in [0.05, 0.1) is 5.69 Å². The van der Waals surface area contributed by atoms with Crippen molar-refractivity contribution in [2.45, 2.75) is 4.90 Å². The number of primary amides is 1. The number of carbonyl (C=O) groups excluding carboxylic acids is 1. The third-order valence-corrected chi connectivity index (χ3v) is 4.87. The second-order valence-corrected chi connectivity index (χ2v) is 6.85. The highest BCUT2D eigenvalue weighted by atomic mass is 79.9. The Kier molecular flexibility index (Phi) is 5.59.